The molecule has 174 valence electrons. The van der Waals surface area contributed by atoms with E-state index >= 15 is 0 Å². The van der Waals surface area contributed by atoms with Gasteiger partial charge < -0.3 is 0 Å². The molecule has 4 heteroatoms. The van der Waals surface area contributed by atoms with Crippen molar-refractivity contribution in [3.63, 3.8) is 0 Å². The van der Waals surface area contributed by atoms with Crippen LogP contribution in [0.2, 0.25) is 0 Å². The molecule has 0 heterocycles. The topological polar surface area (TPSA) is 0 Å². The molecule has 0 nitrogen and oxygen atoms in total. The molecule has 2 aliphatic rings. The van der Waals surface area contributed by atoms with Gasteiger partial charge in [-0.3, -0.25) is 12.2 Å². The van der Waals surface area contributed by atoms with Crippen molar-refractivity contribution in [2.24, 2.45) is 11.8 Å². The Morgan fingerprint density at radius 1 is 0.594 bits per heavy atom. The molecule has 2 atom stereocenters. The second kappa shape index (κ2) is 23.2. The van der Waals surface area contributed by atoms with Crippen LogP contribution in [0.25, 0.3) is 0 Å². The van der Waals surface area contributed by atoms with Gasteiger partial charge in [0.15, 0.2) is 0 Å². The van der Waals surface area contributed by atoms with Gasteiger partial charge in [-0.2, -0.15) is 83.9 Å². The number of allylic oxidation sites excluding steroid dienone is 8. The van der Waals surface area contributed by atoms with Gasteiger partial charge in [-0.15, -0.1) is 24.8 Å². The fourth-order valence-electron chi connectivity index (χ4n) is 2.61. The first-order chi connectivity index (χ1) is 14.4. The first-order valence-corrected chi connectivity index (χ1v) is 16.1. The molecular formula is C28H36Cl2SiZr-4. The van der Waals surface area contributed by atoms with Crippen molar-refractivity contribution in [2.45, 2.75) is 41.5 Å². The third-order valence-electron chi connectivity index (χ3n) is 4.36. The van der Waals surface area contributed by atoms with Crippen molar-refractivity contribution in [3.05, 3.63) is 119 Å². The van der Waals surface area contributed by atoms with Gasteiger partial charge in [0.1, 0.15) is 0 Å². The van der Waals surface area contributed by atoms with E-state index in [4.69, 9.17) is 0 Å². The fourth-order valence-corrected chi connectivity index (χ4v) is 2.61. The molecule has 0 saturated carbocycles. The molecule has 0 aromatic heterocycles. The number of hydrogen-bond donors (Lipinski definition) is 0. The number of hydrogen-bond acceptors (Lipinski definition) is 0. The molecule has 2 aromatic carbocycles. The van der Waals surface area contributed by atoms with Crippen molar-refractivity contribution in [3.8, 4) is 0 Å². The number of rotatable bonds is 0. The first kappa shape index (κ1) is 35.7. The Balaban J connectivity index is -0.000000337. The van der Waals surface area contributed by atoms with E-state index in [0.29, 0.717) is 11.8 Å². The molecule has 0 N–H and O–H groups in total. The minimum Gasteiger partial charge on any atom is -0.184 e. The summed E-state index contributed by atoms with van der Waals surface area (Å²) in [5, 5.41) is 0. The second-order valence-electron chi connectivity index (χ2n) is 7.03. The van der Waals surface area contributed by atoms with Crippen LogP contribution in [0.4, 0.5) is 0 Å². The Morgan fingerprint density at radius 3 is 0.938 bits per heavy atom. The molecule has 2 aromatic rings. The zero-order valence-electron chi connectivity index (χ0n) is 20.1. The van der Waals surface area contributed by atoms with Gasteiger partial charge in [0, 0.05) is 0 Å². The molecular weight excluding hydrogens is 527 g/mol. The van der Waals surface area contributed by atoms with Gasteiger partial charge >= 0.3 is 30.2 Å². The fraction of sp³-hybridized carbons (Fsp3) is 0.286. The third kappa shape index (κ3) is 18.6. The molecule has 0 aliphatic heterocycles. The Bertz CT molecular complexity index is 689. The van der Waals surface area contributed by atoms with E-state index < -0.39 is 0 Å². The van der Waals surface area contributed by atoms with Gasteiger partial charge in [0.05, 0.1) is 0 Å². The van der Waals surface area contributed by atoms with Gasteiger partial charge in [-0.1, -0.05) is 53.4 Å². The Hall–Kier alpha value is -0.920. The van der Waals surface area contributed by atoms with Crippen LogP contribution in [-0.2, 0) is 23.3 Å². The molecule has 0 radical (unpaired) electrons. The van der Waals surface area contributed by atoms with Crippen molar-refractivity contribution >= 4 is 31.7 Å². The summed E-state index contributed by atoms with van der Waals surface area (Å²) in [6.45, 7) is 14.8. The first-order valence-electron chi connectivity index (χ1n) is 10.1. The summed E-state index contributed by atoms with van der Waals surface area (Å²) in [4.78, 5) is 0. The molecule has 0 spiro atoms. The maximum absolute atomic E-state index is 3.29. The van der Waals surface area contributed by atoms with Gasteiger partial charge in [0.25, 0.3) is 0 Å². The predicted octanol–water partition coefficient (Wildman–Crippen LogP) is 7.56. The van der Waals surface area contributed by atoms with E-state index in [1.54, 1.807) is 23.3 Å². The van der Waals surface area contributed by atoms with Crippen molar-refractivity contribution in [1.29, 1.82) is 0 Å². The molecule has 0 saturated heterocycles. The van der Waals surface area contributed by atoms with Crippen molar-refractivity contribution in [1.82, 2.24) is 0 Å². The van der Waals surface area contributed by atoms with E-state index in [1.807, 2.05) is 67.5 Å². The molecule has 0 fully saturated rings. The predicted molar refractivity (Wildman–Crippen MR) is 144 cm³/mol. The molecule has 32 heavy (non-hydrogen) atoms. The van der Waals surface area contributed by atoms with Gasteiger partial charge in [0.2, 0.25) is 0 Å². The SMILES string of the molecule is CC1=[C-]C(C)C(C)=C1.CC1=[C-]C(C)C(C)=C1.Cl.Cl.[SiH2]=[Zr].[c-]1ccccc1.[c-]1ccccc1. The van der Waals surface area contributed by atoms with Crippen LogP contribution < -0.4 is 0 Å². The average molecular weight is 563 g/mol. The van der Waals surface area contributed by atoms with Crippen LogP contribution in [0.1, 0.15) is 41.5 Å². The average Bonchev–Trinajstić information content (AvgIpc) is 3.24. The molecule has 2 unspecified atom stereocenters. The normalized spacial score (nSPS) is 16.9. The minimum absolute atomic E-state index is 0. The van der Waals surface area contributed by atoms with E-state index in [0.717, 1.165) is 0 Å². The van der Waals surface area contributed by atoms with E-state index in [2.05, 4.69) is 78.0 Å². The molecule has 4 rings (SSSR count). The summed E-state index contributed by atoms with van der Waals surface area (Å²) in [5.41, 5.74) is 5.44. The minimum atomic E-state index is 0. The van der Waals surface area contributed by atoms with E-state index in [-0.39, 0.29) is 24.8 Å². The number of halogens is 2. The molecule has 2 aliphatic carbocycles. The van der Waals surface area contributed by atoms with Crippen LogP contribution in [0.15, 0.2) is 95.1 Å². The largest absolute Gasteiger partial charge is 0.184 e. The Morgan fingerprint density at radius 2 is 0.875 bits per heavy atom. The zero-order valence-corrected chi connectivity index (χ0v) is 25.6. The third-order valence-corrected chi connectivity index (χ3v) is 4.36. The van der Waals surface area contributed by atoms with Crippen LogP contribution in [0.5, 0.6) is 0 Å². The standard InChI is InChI=1S/2C8H11.2C6H5.2ClH.H2Si.Zr/c2*1-6-4-7(2)8(3)5-6;2*1-2-4-6-5-3-1;;;;/h2*4,8H,1-3H3;2*1-5H;2*1H;1H2;/q4*-1;;;;. The summed E-state index contributed by atoms with van der Waals surface area (Å²) in [6, 6.07) is 25.0. The maximum atomic E-state index is 3.29. The van der Waals surface area contributed by atoms with Crippen molar-refractivity contribution < 1.29 is 23.3 Å². The zero-order chi connectivity index (χ0) is 22.8. The van der Waals surface area contributed by atoms with Crippen LogP contribution >= 0.6 is 24.8 Å². The van der Waals surface area contributed by atoms with E-state index in [1.165, 1.54) is 22.3 Å². The second-order valence-corrected chi connectivity index (χ2v) is 7.03. The molecule has 0 amide bonds. The monoisotopic (exact) mass is 560 g/mol. The van der Waals surface area contributed by atoms with Gasteiger partial charge in [-0.05, 0) is 0 Å². The smallest absolute Gasteiger partial charge is 0.171 e. The van der Waals surface area contributed by atoms with Gasteiger partial charge in [-0.25, -0.2) is 23.3 Å². The summed E-state index contributed by atoms with van der Waals surface area (Å²) < 4.78 is 0. The summed E-state index contributed by atoms with van der Waals surface area (Å²) in [6.07, 6.45) is 11.0. The van der Waals surface area contributed by atoms with Crippen molar-refractivity contribution in [2.75, 3.05) is 0 Å². The summed E-state index contributed by atoms with van der Waals surface area (Å²) in [7, 11) is 0. The summed E-state index contributed by atoms with van der Waals surface area (Å²) in [5.74, 6) is 1.13. The van der Waals surface area contributed by atoms with Crippen LogP contribution in [0, 0.1) is 36.1 Å². The van der Waals surface area contributed by atoms with Crippen LogP contribution in [0.3, 0.4) is 0 Å². The Kier molecular flexibility index (Phi) is 25.9. The Labute approximate surface area is 226 Å². The summed E-state index contributed by atoms with van der Waals surface area (Å²) >= 11 is 1.58. The van der Waals surface area contributed by atoms with Crippen LogP contribution in [-0.4, -0.2) is 6.88 Å². The number of benzene rings is 2. The maximum Gasteiger partial charge on any atom is -0.171 e. The molecule has 0 bridgehead atoms. The quantitative estimate of drug-likeness (QED) is 0.230. The van der Waals surface area contributed by atoms with E-state index in [9.17, 15) is 0 Å².